The molecule has 1 aliphatic rings. The number of carbonyl (C=O) groups is 1. The van der Waals surface area contributed by atoms with Crippen LogP contribution < -0.4 is 15.4 Å². The average molecular weight is 503 g/mol. The number of hydrogen-bond donors (Lipinski definition) is 2. The predicted octanol–water partition coefficient (Wildman–Crippen LogP) is 3.53. The van der Waals surface area contributed by atoms with Gasteiger partial charge < -0.3 is 15.4 Å². The second kappa shape index (κ2) is 10.6. The van der Waals surface area contributed by atoms with E-state index in [1.807, 2.05) is 18.2 Å². The van der Waals surface area contributed by atoms with E-state index >= 15 is 0 Å². The van der Waals surface area contributed by atoms with Crippen LogP contribution in [0.5, 0.6) is 5.75 Å². The van der Waals surface area contributed by atoms with Crippen molar-refractivity contribution in [1.29, 1.82) is 0 Å². The van der Waals surface area contributed by atoms with Crippen LogP contribution in [0.4, 0.5) is 5.69 Å². The number of carbonyl (C=O) groups excluding carboxylic acids is 1. The topological polar surface area (TPSA) is 101 Å². The molecule has 1 amide bonds. The van der Waals surface area contributed by atoms with Crippen molar-refractivity contribution in [2.75, 3.05) is 38.6 Å². The smallest absolute Gasteiger partial charge is 0.243 e. The summed E-state index contributed by atoms with van der Waals surface area (Å²) in [6.45, 7) is 1.51. The Kier molecular flexibility index (Phi) is 7.55. The Morgan fingerprint density at radius 3 is 2.74 bits per heavy atom. The number of ether oxygens (including phenoxy) is 1. The number of nitrogens with one attached hydrogen (secondary N) is 2. The summed E-state index contributed by atoms with van der Waals surface area (Å²) in [7, 11) is -2.14. The van der Waals surface area contributed by atoms with Gasteiger partial charge in [-0.2, -0.15) is 4.31 Å². The lowest BCUT2D eigenvalue weighted by atomic mass is 9.99. The Balaban J connectivity index is 1.31. The number of aromatic nitrogens is 1. The molecule has 8 nitrogen and oxygen atoms in total. The molecule has 0 unspecified atom stereocenters. The van der Waals surface area contributed by atoms with Gasteiger partial charge in [-0.05, 0) is 61.4 Å². The number of piperidine rings is 1. The third-order valence-electron chi connectivity index (χ3n) is 5.90. The zero-order valence-corrected chi connectivity index (χ0v) is 20.4. The summed E-state index contributed by atoms with van der Waals surface area (Å²) >= 11 is 6.04. The normalized spacial score (nSPS) is 16.8. The van der Waals surface area contributed by atoms with E-state index in [4.69, 9.17) is 16.3 Å². The molecule has 3 aromatic rings. The number of rotatable bonds is 8. The Morgan fingerprint density at radius 1 is 1.18 bits per heavy atom. The van der Waals surface area contributed by atoms with E-state index in [1.54, 1.807) is 24.4 Å². The quantitative estimate of drug-likeness (QED) is 0.457. The van der Waals surface area contributed by atoms with Crippen molar-refractivity contribution in [1.82, 2.24) is 14.6 Å². The molecular weight excluding hydrogens is 476 g/mol. The van der Waals surface area contributed by atoms with Crippen LogP contribution in [0.3, 0.4) is 0 Å². The minimum absolute atomic E-state index is 0.136. The summed E-state index contributed by atoms with van der Waals surface area (Å²) in [5, 5.41) is 7.82. The van der Waals surface area contributed by atoms with Gasteiger partial charge in [-0.3, -0.25) is 9.78 Å². The minimum atomic E-state index is -3.67. The van der Waals surface area contributed by atoms with Gasteiger partial charge in [0.25, 0.3) is 0 Å². The molecule has 10 heteroatoms. The third-order valence-corrected chi connectivity index (χ3v) is 8.01. The van der Waals surface area contributed by atoms with E-state index in [0.717, 1.165) is 16.6 Å². The number of benzene rings is 2. The van der Waals surface area contributed by atoms with Gasteiger partial charge in [0.2, 0.25) is 15.9 Å². The molecule has 1 aromatic heterocycles. The summed E-state index contributed by atoms with van der Waals surface area (Å²) in [6.07, 6.45) is 3.00. The van der Waals surface area contributed by atoms with Gasteiger partial charge in [0.05, 0.1) is 23.4 Å². The number of nitrogens with zero attached hydrogens (tertiary/aromatic N) is 2. The molecule has 2 aromatic carbocycles. The number of amides is 1. The minimum Gasteiger partial charge on any atom is -0.497 e. The molecule has 1 aliphatic heterocycles. The Morgan fingerprint density at radius 2 is 1.97 bits per heavy atom. The number of anilines is 1. The zero-order valence-electron chi connectivity index (χ0n) is 18.8. The lowest BCUT2D eigenvalue weighted by Gasteiger charge is -2.31. The van der Waals surface area contributed by atoms with Crippen molar-refractivity contribution in [3.8, 4) is 5.75 Å². The fourth-order valence-corrected chi connectivity index (χ4v) is 5.76. The summed E-state index contributed by atoms with van der Waals surface area (Å²) in [5.41, 5.74) is 1.70. The van der Waals surface area contributed by atoms with Gasteiger partial charge in [0.15, 0.2) is 0 Å². The fourth-order valence-electron chi connectivity index (χ4n) is 4.07. The van der Waals surface area contributed by atoms with Gasteiger partial charge >= 0.3 is 0 Å². The van der Waals surface area contributed by atoms with Crippen molar-refractivity contribution in [3.05, 3.63) is 59.8 Å². The highest BCUT2D eigenvalue weighted by atomic mass is 35.5. The van der Waals surface area contributed by atoms with Crippen molar-refractivity contribution < 1.29 is 17.9 Å². The predicted molar refractivity (Wildman–Crippen MR) is 133 cm³/mol. The highest BCUT2D eigenvalue weighted by Crippen LogP contribution is 2.26. The lowest BCUT2D eigenvalue weighted by Crippen LogP contribution is -2.46. The molecule has 0 bridgehead atoms. The van der Waals surface area contributed by atoms with E-state index in [2.05, 4.69) is 15.6 Å². The number of methoxy groups -OCH3 is 1. The molecule has 2 N–H and O–H groups in total. The highest BCUT2D eigenvalue weighted by molar-refractivity contribution is 7.89. The van der Waals surface area contributed by atoms with Gasteiger partial charge in [-0.1, -0.05) is 11.6 Å². The van der Waals surface area contributed by atoms with E-state index in [9.17, 15) is 13.2 Å². The van der Waals surface area contributed by atoms with Crippen LogP contribution in [0.25, 0.3) is 10.9 Å². The summed E-state index contributed by atoms with van der Waals surface area (Å²) in [4.78, 5) is 17.3. The first-order valence-electron chi connectivity index (χ1n) is 11.1. The van der Waals surface area contributed by atoms with Crippen LogP contribution in [0.1, 0.15) is 12.8 Å². The van der Waals surface area contributed by atoms with Crippen molar-refractivity contribution in [2.24, 2.45) is 5.92 Å². The average Bonchev–Trinajstić information content (AvgIpc) is 2.86. The first-order valence-corrected chi connectivity index (χ1v) is 12.9. The third kappa shape index (κ3) is 5.43. The maximum absolute atomic E-state index is 13.0. The summed E-state index contributed by atoms with van der Waals surface area (Å²) in [6, 6.07) is 13.7. The van der Waals surface area contributed by atoms with Gasteiger partial charge in [-0.25, -0.2) is 8.42 Å². The maximum Gasteiger partial charge on any atom is 0.243 e. The second-order valence-electron chi connectivity index (χ2n) is 8.12. The van der Waals surface area contributed by atoms with E-state index in [0.29, 0.717) is 43.2 Å². The van der Waals surface area contributed by atoms with Gasteiger partial charge in [0, 0.05) is 48.5 Å². The monoisotopic (exact) mass is 502 g/mol. The van der Waals surface area contributed by atoms with Crippen LogP contribution >= 0.6 is 11.6 Å². The SMILES string of the molecule is COc1ccc(S(=O)(=O)N2CCC[C@H](C(=O)NCCNc3ccnc4cc(Cl)ccc34)C2)cc1. The van der Waals surface area contributed by atoms with Crippen molar-refractivity contribution in [2.45, 2.75) is 17.7 Å². The molecule has 0 radical (unpaired) electrons. The van der Waals surface area contributed by atoms with Crippen LogP contribution in [-0.2, 0) is 14.8 Å². The standard InChI is InChI=1S/C24H27ClN4O4S/c1-33-19-5-7-20(8-6-19)34(31,32)29-14-2-3-17(16-29)24(30)28-13-12-27-22-10-11-26-23-15-18(25)4-9-21(22)23/h4-11,15,17H,2-3,12-14,16H2,1H3,(H,26,27)(H,28,30)/t17-/m0/s1. The largest absolute Gasteiger partial charge is 0.497 e. The number of fused-ring (bicyclic) bond motifs is 1. The molecule has 180 valence electrons. The Labute approximate surface area is 204 Å². The van der Waals surface area contributed by atoms with E-state index in [-0.39, 0.29) is 23.3 Å². The van der Waals surface area contributed by atoms with Gasteiger partial charge in [-0.15, -0.1) is 0 Å². The number of hydrogen-bond acceptors (Lipinski definition) is 6. The van der Waals surface area contributed by atoms with Crippen LogP contribution in [-0.4, -0.2) is 56.9 Å². The van der Waals surface area contributed by atoms with Crippen molar-refractivity contribution in [3.63, 3.8) is 0 Å². The molecule has 0 spiro atoms. The Hall–Kier alpha value is -2.88. The molecule has 0 saturated carbocycles. The molecule has 1 saturated heterocycles. The zero-order chi connectivity index (χ0) is 24.1. The molecule has 4 rings (SSSR count). The number of pyridine rings is 1. The van der Waals surface area contributed by atoms with E-state index in [1.165, 1.54) is 23.5 Å². The highest BCUT2D eigenvalue weighted by Gasteiger charge is 2.33. The first kappa shape index (κ1) is 24.3. The molecular formula is C24H27ClN4O4S. The van der Waals surface area contributed by atoms with Crippen LogP contribution in [0.15, 0.2) is 59.6 Å². The van der Waals surface area contributed by atoms with Crippen molar-refractivity contribution >= 4 is 44.1 Å². The van der Waals surface area contributed by atoms with E-state index < -0.39 is 10.0 Å². The van der Waals surface area contributed by atoms with Crippen LogP contribution in [0, 0.1) is 5.92 Å². The second-order valence-corrected chi connectivity index (χ2v) is 10.5. The molecule has 2 heterocycles. The fraction of sp³-hybridized carbons (Fsp3) is 0.333. The molecule has 1 fully saturated rings. The van der Waals surface area contributed by atoms with Crippen LogP contribution in [0.2, 0.25) is 5.02 Å². The molecule has 1 atom stereocenters. The summed E-state index contributed by atoms with van der Waals surface area (Å²) < 4.78 is 32.6. The summed E-state index contributed by atoms with van der Waals surface area (Å²) in [5.74, 6) is 0.0699. The number of halogens is 1. The Bertz CT molecular complexity index is 1270. The molecule has 34 heavy (non-hydrogen) atoms. The number of sulfonamides is 1. The maximum atomic E-state index is 13.0. The van der Waals surface area contributed by atoms with Gasteiger partial charge in [0.1, 0.15) is 5.75 Å². The molecule has 0 aliphatic carbocycles. The lowest BCUT2D eigenvalue weighted by molar-refractivity contribution is -0.125. The first-order chi connectivity index (χ1) is 16.4.